The number of hydrogen-bond donors (Lipinski definition) is 2. The van der Waals surface area contributed by atoms with E-state index in [1.54, 1.807) is 6.20 Å². The van der Waals surface area contributed by atoms with Crippen molar-refractivity contribution in [1.82, 2.24) is 20.7 Å². The fourth-order valence-corrected chi connectivity index (χ4v) is 2.24. The van der Waals surface area contributed by atoms with Gasteiger partial charge in [0.1, 0.15) is 11.9 Å². The molecule has 2 aliphatic rings. The van der Waals surface area contributed by atoms with Crippen LogP contribution >= 0.6 is 12.4 Å². The molecule has 1 atom stereocenters. The minimum atomic E-state index is 0. The molecule has 1 saturated carbocycles. The average Bonchev–Trinajstić information content (AvgIpc) is 2.52. The van der Waals surface area contributed by atoms with Crippen LogP contribution in [0.5, 0.6) is 0 Å². The molecule has 0 amide bonds. The summed E-state index contributed by atoms with van der Waals surface area (Å²) in [5.41, 5.74) is 1.33. The van der Waals surface area contributed by atoms with Crippen molar-refractivity contribution in [2.24, 2.45) is 5.41 Å². The molecule has 2 N–H and O–H groups in total. The van der Waals surface area contributed by atoms with Crippen LogP contribution in [0.25, 0.3) is 0 Å². The molecule has 15 heavy (non-hydrogen) atoms. The van der Waals surface area contributed by atoms with Gasteiger partial charge in [-0.05, 0) is 12.8 Å². The largest absolute Gasteiger partial charge is 0.356 e. The third kappa shape index (κ3) is 1.75. The Hall–Kier alpha value is -0.650. The third-order valence-electron chi connectivity index (χ3n) is 3.41. The molecular formula is C9H15ClN4O. The summed E-state index contributed by atoms with van der Waals surface area (Å²) in [7, 11) is 0. The van der Waals surface area contributed by atoms with Crippen LogP contribution in [0, 0.1) is 5.41 Å². The fourth-order valence-electron chi connectivity index (χ4n) is 2.24. The number of hydrogen-bond acceptors (Lipinski definition) is 4. The minimum Gasteiger partial charge on any atom is -0.356 e. The molecule has 1 aromatic heterocycles. The smallest absolute Gasteiger partial charge is 0.115 e. The van der Waals surface area contributed by atoms with E-state index in [4.69, 9.17) is 4.74 Å². The van der Waals surface area contributed by atoms with Crippen LogP contribution < -0.4 is 5.32 Å². The second-order valence-corrected chi connectivity index (χ2v) is 4.25. The van der Waals surface area contributed by atoms with Gasteiger partial charge in [0.15, 0.2) is 0 Å². The van der Waals surface area contributed by atoms with E-state index >= 15 is 0 Å². The van der Waals surface area contributed by atoms with Crippen molar-refractivity contribution in [1.29, 1.82) is 0 Å². The van der Waals surface area contributed by atoms with Crippen molar-refractivity contribution in [3.05, 3.63) is 11.9 Å². The Morgan fingerprint density at radius 3 is 2.87 bits per heavy atom. The summed E-state index contributed by atoms with van der Waals surface area (Å²) in [6.07, 6.45) is 5.91. The lowest BCUT2D eigenvalue weighted by Crippen LogP contribution is -2.66. The monoisotopic (exact) mass is 230 g/mol. The first-order chi connectivity index (χ1) is 6.89. The number of ether oxygens (including phenoxy) is 1. The molecule has 6 heteroatoms. The van der Waals surface area contributed by atoms with Crippen LogP contribution in [0.4, 0.5) is 0 Å². The Morgan fingerprint density at radius 2 is 2.40 bits per heavy atom. The number of aromatic nitrogens is 3. The van der Waals surface area contributed by atoms with Crippen molar-refractivity contribution < 1.29 is 4.74 Å². The van der Waals surface area contributed by atoms with Crippen LogP contribution in [-0.4, -0.2) is 28.2 Å². The number of H-pyrrole nitrogens is 1. The van der Waals surface area contributed by atoms with Gasteiger partial charge in [-0.1, -0.05) is 6.42 Å². The molecule has 1 saturated heterocycles. The second-order valence-electron chi connectivity index (χ2n) is 4.25. The molecule has 2 heterocycles. The first-order valence-electron chi connectivity index (χ1n) is 5.09. The van der Waals surface area contributed by atoms with E-state index in [2.05, 4.69) is 20.7 Å². The Labute approximate surface area is 94.4 Å². The first kappa shape index (κ1) is 10.9. The van der Waals surface area contributed by atoms with Crippen LogP contribution in [-0.2, 0) is 11.3 Å². The molecule has 0 aromatic carbocycles. The zero-order valence-electron chi connectivity index (χ0n) is 8.40. The van der Waals surface area contributed by atoms with E-state index in [0.717, 1.165) is 12.2 Å². The molecule has 0 bridgehead atoms. The van der Waals surface area contributed by atoms with Gasteiger partial charge in [0.2, 0.25) is 0 Å². The highest BCUT2D eigenvalue weighted by atomic mass is 35.5. The Morgan fingerprint density at radius 1 is 1.53 bits per heavy atom. The second kappa shape index (κ2) is 4.08. The maximum Gasteiger partial charge on any atom is 0.115 e. The van der Waals surface area contributed by atoms with Gasteiger partial charge in [0, 0.05) is 12.0 Å². The maximum atomic E-state index is 5.75. The number of halogens is 1. The lowest BCUT2D eigenvalue weighted by molar-refractivity contribution is -0.166. The van der Waals surface area contributed by atoms with Gasteiger partial charge in [-0.15, -0.1) is 12.4 Å². The van der Waals surface area contributed by atoms with Gasteiger partial charge < -0.3 is 4.74 Å². The molecule has 3 rings (SSSR count). The van der Waals surface area contributed by atoms with E-state index in [0.29, 0.717) is 12.0 Å². The van der Waals surface area contributed by atoms with Crippen molar-refractivity contribution in [2.75, 3.05) is 6.54 Å². The van der Waals surface area contributed by atoms with Crippen molar-refractivity contribution >= 4 is 12.4 Å². The molecule has 1 aliphatic heterocycles. The number of nitrogens with zero attached hydrogens (tertiary/aromatic N) is 2. The lowest BCUT2D eigenvalue weighted by Gasteiger charge is -2.55. The Balaban J connectivity index is 0.000000853. The lowest BCUT2D eigenvalue weighted by atomic mass is 9.63. The van der Waals surface area contributed by atoms with Crippen LogP contribution in [0.15, 0.2) is 6.20 Å². The summed E-state index contributed by atoms with van der Waals surface area (Å²) in [6.45, 7) is 1.67. The SMILES string of the molecule is Cl.c1n[nH]nc1COC1NCC12CCC2. The Bertz CT molecular complexity index is 306. The normalized spacial score (nSPS) is 26.5. The van der Waals surface area contributed by atoms with Crippen molar-refractivity contribution in [3.63, 3.8) is 0 Å². The van der Waals surface area contributed by atoms with Gasteiger partial charge >= 0.3 is 0 Å². The van der Waals surface area contributed by atoms with Gasteiger partial charge in [0.25, 0.3) is 0 Å². The van der Waals surface area contributed by atoms with Crippen LogP contribution in [0.1, 0.15) is 25.0 Å². The number of rotatable bonds is 3. The molecule has 84 valence electrons. The molecule has 1 spiro atoms. The zero-order chi connectivity index (χ0) is 9.43. The van der Waals surface area contributed by atoms with Gasteiger partial charge in [-0.3, -0.25) is 5.32 Å². The summed E-state index contributed by atoms with van der Waals surface area (Å²) in [4.78, 5) is 0. The maximum absolute atomic E-state index is 5.75. The molecule has 5 nitrogen and oxygen atoms in total. The first-order valence-corrected chi connectivity index (χ1v) is 5.09. The standard InChI is InChI=1S/C9H14N4O.ClH/c1-2-9(3-1)6-10-8(9)14-5-7-4-11-13-12-7;/h4,8,10H,1-3,5-6H2,(H,11,12,13);1H. The molecule has 1 aromatic rings. The summed E-state index contributed by atoms with van der Waals surface area (Å²) >= 11 is 0. The summed E-state index contributed by atoms with van der Waals surface area (Å²) in [6, 6.07) is 0. The van der Waals surface area contributed by atoms with E-state index in [9.17, 15) is 0 Å². The summed E-state index contributed by atoms with van der Waals surface area (Å²) < 4.78 is 5.75. The van der Waals surface area contributed by atoms with E-state index < -0.39 is 0 Å². The number of nitrogens with one attached hydrogen (secondary N) is 2. The molecule has 1 aliphatic carbocycles. The summed E-state index contributed by atoms with van der Waals surface area (Å²) in [5.74, 6) is 0. The molecule has 1 unspecified atom stereocenters. The highest BCUT2D eigenvalue weighted by molar-refractivity contribution is 5.85. The van der Waals surface area contributed by atoms with Gasteiger partial charge in [-0.2, -0.15) is 15.4 Å². The van der Waals surface area contributed by atoms with Crippen molar-refractivity contribution in [2.45, 2.75) is 32.1 Å². The van der Waals surface area contributed by atoms with Gasteiger partial charge in [-0.25, -0.2) is 0 Å². The van der Waals surface area contributed by atoms with Gasteiger partial charge in [0.05, 0.1) is 12.8 Å². The quantitative estimate of drug-likeness (QED) is 0.808. The van der Waals surface area contributed by atoms with Crippen LogP contribution in [0.2, 0.25) is 0 Å². The highest BCUT2D eigenvalue weighted by Gasteiger charge is 2.51. The molecule has 2 fully saturated rings. The zero-order valence-corrected chi connectivity index (χ0v) is 9.22. The minimum absolute atomic E-state index is 0. The van der Waals surface area contributed by atoms with E-state index in [1.165, 1.54) is 19.3 Å². The van der Waals surface area contributed by atoms with Crippen molar-refractivity contribution in [3.8, 4) is 0 Å². The van der Waals surface area contributed by atoms with E-state index in [1.807, 2.05) is 0 Å². The molecular weight excluding hydrogens is 216 g/mol. The third-order valence-corrected chi connectivity index (χ3v) is 3.41. The Kier molecular flexibility index (Phi) is 2.95. The highest BCUT2D eigenvalue weighted by Crippen LogP contribution is 2.48. The molecule has 0 radical (unpaired) electrons. The topological polar surface area (TPSA) is 62.8 Å². The average molecular weight is 231 g/mol. The predicted octanol–water partition coefficient (Wildman–Crippen LogP) is 0.843. The predicted molar refractivity (Wildman–Crippen MR) is 56.5 cm³/mol. The van der Waals surface area contributed by atoms with E-state index in [-0.39, 0.29) is 18.6 Å². The fraction of sp³-hybridized carbons (Fsp3) is 0.778. The number of aromatic amines is 1. The van der Waals surface area contributed by atoms with Crippen LogP contribution in [0.3, 0.4) is 0 Å². The summed E-state index contributed by atoms with van der Waals surface area (Å²) in [5, 5.41) is 13.6.